The van der Waals surface area contributed by atoms with Gasteiger partial charge in [0.25, 0.3) is 0 Å². The second kappa shape index (κ2) is 9.41. The van der Waals surface area contributed by atoms with Crippen LogP contribution in [0.1, 0.15) is 94.4 Å². The van der Waals surface area contributed by atoms with Gasteiger partial charge in [-0.2, -0.15) is 0 Å². The summed E-state index contributed by atoms with van der Waals surface area (Å²) in [7, 11) is 0. The summed E-state index contributed by atoms with van der Waals surface area (Å²) in [6.45, 7) is 17.2. The smallest absolute Gasteiger partial charge is 0.334 e. The Morgan fingerprint density at radius 2 is 1.53 bits per heavy atom. The first kappa shape index (κ1) is 30.4. The fraction of sp³-hybridized carbons (Fsp3) is 0.765. The predicted octanol–water partition coefficient (Wildman–Crippen LogP) is 5.00. The minimum absolute atomic E-state index is 0.0283. The van der Waals surface area contributed by atoms with Crippen molar-refractivity contribution in [3.63, 3.8) is 0 Å². The van der Waals surface area contributed by atoms with Crippen LogP contribution in [-0.4, -0.2) is 59.5 Å². The van der Waals surface area contributed by atoms with Crippen molar-refractivity contribution in [3.8, 4) is 0 Å². The third-order valence-electron chi connectivity index (χ3n) is 12.3. The molecule has 236 valence electrons. The van der Waals surface area contributed by atoms with E-state index in [0.717, 1.165) is 12.8 Å². The zero-order valence-electron chi connectivity index (χ0n) is 26.9. The van der Waals surface area contributed by atoms with Crippen LogP contribution in [0.15, 0.2) is 23.3 Å². The molecule has 0 unspecified atom stereocenters. The minimum Gasteiger partial charge on any atom is -0.462 e. The van der Waals surface area contributed by atoms with Gasteiger partial charge in [-0.15, -0.1) is 0 Å². The average Bonchev–Trinajstić information content (AvgIpc) is 3.18. The van der Waals surface area contributed by atoms with Crippen LogP contribution < -0.4 is 0 Å². The van der Waals surface area contributed by atoms with E-state index in [1.54, 1.807) is 0 Å². The highest BCUT2D eigenvalue weighted by molar-refractivity contribution is 5.92. The van der Waals surface area contributed by atoms with Gasteiger partial charge in [-0.05, 0) is 70.8 Å². The number of ether oxygens (including phenoxy) is 5. The van der Waals surface area contributed by atoms with Crippen molar-refractivity contribution in [2.45, 2.75) is 130 Å². The van der Waals surface area contributed by atoms with Crippen LogP contribution in [-0.2, 0) is 42.9 Å². The highest BCUT2D eigenvalue weighted by Gasteiger charge is 2.72. The maximum Gasteiger partial charge on any atom is 0.334 e. The molecule has 0 aromatic rings. The summed E-state index contributed by atoms with van der Waals surface area (Å²) in [4.78, 5) is 51.4. The molecule has 9 nitrogen and oxygen atoms in total. The molecule has 2 saturated heterocycles. The van der Waals surface area contributed by atoms with Crippen molar-refractivity contribution in [3.05, 3.63) is 23.3 Å². The maximum atomic E-state index is 13.3. The molecule has 0 N–H and O–H groups in total. The standard InChI is InChI=1S/C34H46O9/c1-17(35)39-25-15-24-30(3,4)42-27(37)16-26(40-18(2)36)34(24,9)23-12-13-32(7)20(10-11-22(32)33(23,25)8)19-14-21(41-29(19)38)28-31(5,6)43-28/h11,14,20-21,23-26,28H,10,12-13,15-16H2,1-9H3/t20-,21-,23-,24-,25+,26-,28+,32-,33-,34+/m0/s1. The topological polar surface area (TPSA) is 118 Å². The second-order valence-electron chi connectivity index (χ2n) is 15.5. The molecule has 10 atom stereocenters. The largest absolute Gasteiger partial charge is 0.462 e. The van der Waals surface area contributed by atoms with Crippen molar-refractivity contribution >= 4 is 23.9 Å². The Kier molecular flexibility index (Phi) is 6.64. The molecule has 0 amide bonds. The molecule has 3 aliphatic carbocycles. The van der Waals surface area contributed by atoms with Gasteiger partial charge in [0.2, 0.25) is 0 Å². The zero-order chi connectivity index (χ0) is 31.5. The number of carbonyl (C=O) groups excluding carboxylic acids is 4. The van der Waals surface area contributed by atoms with Crippen molar-refractivity contribution in [1.29, 1.82) is 0 Å². The quantitative estimate of drug-likeness (QED) is 0.191. The molecule has 3 aliphatic heterocycles. The Morgan fingerprint density at radius 3 is 2.14 bits per heavy atom. The van der Waals surface area contributed by atoms with Gasteiger partial charge in [-0.3, -0.25) is 14.4 Å². The molecule has 3 heterocycles. The minimum atomic E-state index is -0.875. The van der Waals surface area contributed by atoms with Gasteiger partial charge >= 0.3 is 23.9 Å². The lowest BCUT2D eigenvalue weighted by Crippen LogP contribution is -2.67. The normalized spacial score (nSPS) is 45.7. The zero-order valence-corrected chi connectivity index (χ0v) is 26.9. The molecule has 6 rings (SSSR count). The molecule has 0 aromatic carbocycles. The first-order valence-electron chi connectivity index (χ1n) is 15.7. The summed E-state index contributed by atoms with van der Waals surface area (Å²) in [5.74, 6) is -1.91. The summed E-state index contributed by atoms with van der Waals surface area (Å²) < 4.78 is 29.8. The molecule has 0 aromatic heterocycles. The van der Waals surface area contributed by atoms with E-state index in [0.29, 0.717) is 18.4 Å². The molecule has 43 heavy (non-hydrogen) atoms. The maximum absolute atomic E-state index is 13.3. The highest BCUT2D eigenvalue weighted by Crippen LogP contribution is 2.72. The Balaban J connectivity index is 1.44. The van der Waals surface area contributed by atoms with E-state index in [1.807, 2.05) is 33.8 Å². The lowest BCUT2D eigenvalue weighted by atomic mass is 9.39. The number of hydrogen-bond acceptors (Lipinski definition) is 9. The molecule has 9 heteroatoms. The average molecular weight is 599 g/mol. The third kappa shape index (κ3) is 4.34. The van der Waals surface area contributed by atoms with Crippen molar-refractivity contribution in [1.82, 2.24) is 0 Å². The Hall–Kier alpha value is -2.68. The Bertz CT molecular complexity index is 1340. The summed E-state index contributed by atoms with van der Waals surface area (Å²) in [6, 6.07) is 0. The van der Waals surface area contributed by atoms with Gasteiger partial charge in [-0.1, -0.05) is 32.4 Å². The third-order valence-corrected chi connectivity index (χ3v) is 12.3. The van der Waals surface area contributed by atoms with E-state index < -0.39 is 46.7 Å². The number of esters is 4. The Labute approximate surface area is 254 Å². The van der Waals surface area contributed by atoms with E-state index in [1.165, 1.54) is 19.4 Å². The van der Waals surface area contributed by atoms with E-state index in [-0.39, 0.29) is 53.2 Å². The fourth-order valence-corrected chi connectivity index (χ4v) is 10.4. The second-order valence-corrected chi connectivity index (χ2v) is 15.5. The first-order chi connectivity index (χ1) is 19.9. The lowest BCUT2D eigenvalue weighted by molar-refractivity contribution is -0.226. The number of fused-ring (bicyclic) bond motifs is 5. The SMILES string of the molecule is CC(=O)O[C@H]1CC(=O)OC(C)(C)[C@@H]2C[C@@H](OC(C)=O)[C@@]3(C)C4=CC[C@@H](C5=C[C@@H]([C@H]6OC6(C)C)OC5=O)[C@]4(C)CC[C@@H]3[C@@]12C. The summed E-state index contributed by atoms with van der Waals surface area (Å²) in [5, 5.41) is 0. The number of rotatable bonds is 4. The molecule has 0 spiro atoms. The van der Waals surface area contributed by atoms with Crippen LogP contribution in [0.25, 0.3) is 0 Å². The molecule has 0 bridgehead atoms. The van der Waals surface area contributed by atoms with Crippen LogP contribution in [0, 0.1) is 34.0 Å². The monoisotopic (exact) mass is 598 g/mol. The van der Waals surface area contributed by atoms with E-state index in [9.17, 15) is 19.2 Å². The van der Waals surface area contributed by atoms with Gasteiger partial charge in [0.05, 0.1) is 12.0 Å². The van der Waals surface area contributed by atoms with Gasteiger partial charge in [0.15, 0.2) is 6.10 Å². The van der Waals surface area contributed by atoms with Gasteiger partial charge < -0.3 is 23.7 Å². The molecule has 2 saturated carbocycles. The lowest BCUT2D eigenvalue weighted by Gasteiger charge is -2.66. The Morgan fingerprint density at radius 1 is 0.907 bits per heavy atom. The summed E-state index contributed by atoms with van der Waals surface area (Å²) >= 11 is 0. The molecule has 6 aliphatic rings. The number of carbonyl (C=O) groups is 4. The summed E-state index contributed by atoms with van der Waals surface area (Å²) in [6.07, 6.45) is 5.10. The number of hydrogen-bond donors (Lipinski definition) is 0. The predicted molar refractivity (Wildman–Crippen MR) is 154 cm³/mol. The number of cyclic esters (lactones) is 2. The number of allylic oxidation sites excluding steroid dienone is 1. The molecular weight excluding hydrogens is 552 g/mol. The molecular formula is C34H46O9. The van der Waals surface area contributed by atoms with E-state index >= 15 is 0 Å². The van der Waals surface area contributed by atoms with E-state index in [4.69, 9.17) is 23.7 Å². The van der Waals surface area contributed by atoms with Crippen molar-refractivity contribution in [2.75, 3.05) is 0 Å². The number of epoxide rings is 1. The highest BCUT2D eigenvalue weighted by atomic mass is 16.6. The summed E-state index contributed by atoms with van der Waals surface area (Å²) in [5.41, 5.74) is -0.988. The van der Waals surface area contributed by atoms with Gasteiger partial charge in [0, 0.05) is 42.1 Å². The molecule has 0 radical (unpaired) electrons. The van der Waals surface area contributed by atoms with Crippen LogP contribution in [0.4, 0.5) is 0 Å². The van der Waals surface area contributed by atoms with E-state index in [2.05, 4.69) is 26.8 Å². The van der Waals surface area contributed by atoms with Gasteiger partial charge in [-0.25, -0.2) is 4.79 Å². The van der Waals surface area contributed by atoms with Crippen LogP contribution in [0.3, 0.4) is 0 Å². The fourth-order valence-electron chi connectivity index (χ4n) is 10.4. The van der Waals surface area contributed by atoms with Crippen molar-refractivity contribution in [2.24, 2.45) is 34.0 Å². The van der Waals surface area contributed by atoms with Crippen LogP contribution in [0.5, 0.6) is 0 Å². The molecule has 4 fully saturated rings. The van der Waals surface area contributed by atoms with Crippen LogP contribution >= 0.6 is 0 Å². The van der Waals surface area contributed by atoms with Crippen LogP contribution in [0.2, 0.25) is 0 Å². The first-order valence-corrected chi connectivity index (χ1v) is 15.7. The van der Waals surface area contributed by atoms with Crippen molar-refractivity contribution < 1.29 is 42.9 Å². The van der Waals surface area contributed by atoms with Gasteiger partial charge in [0.1, 0.15) is 23.9 Å².